The zero-order valence-electron chi connectivity index (χ0n) is 10.7. The van der Waals surface area contributed by atoms with E-state index in [9.17, 15) is 0 Å². The Morgan fingerprint density at radius 2 is 1.13 bits per heavy atom. The Kier molecular flexibility index (Phi) is 7.28. The monoisotopic (exact) mass is 252 g/mol. The fourth-order valence-electron chi connectivity index (χ4n) is 1.73. The lowest BCUT2D eigenvalue weighted by atomic mass is 9.76. The number of hydrogen-bond donors (Lipinski definition) is 0. The molecule has 0 rings (SSSR count). The first kappa shape index (κ1) is 15.6. The Hall–Kier alpha value is 0.580. The smallest absolute Gasteiger partial charge is 0.0228 e. The number of hydrogen-bond acceptors (Lipinski definition) is 0. The van der Waals surface area contributed by atoms with E-state index in [1.807, 2.05) is 0 Å². The van der Waals surface area contributed by atoms with Crippen LogP contribution in [-0.4, -0.2) is 11.8 Å². The lowest BCUT2D eigenvalue weighted by molar-refractivity contribution is 0.222. The molecule has 0 saturated heterocycles. The van der Waals surface area contributed by atoms with Crippen LogP contribution >= 0.6 is 23.2 Å². The topological polar surface area (TPSA) is 0 Å². The molecule has 0 unspecified atom stereocenters. The molecule has 0 aliphatic carbocycles. The fourth-order valence-corrected chi connectivity index (χ4v) is 2.37. The van der Waals surface area contributed by atoms with Crippen LogP contribution in [0.15, 0.2) is 0 Å². The molecular formula is C13H26Cl2. The van der Waals surface area contributed by atoms with Crippen molar-refractivity contribution in [1.82, 2.24) is 0 Å². The highest BCUT2D eigenvalue weighted by Crippen LogP contribution is 2.36. The summed E-state index contributed by atoms with van der Waals surface area (Å²) >= 11 is 11.5. The van der Waals surface area contributed by atoms with Gasteiger partial charge in [0.25, 0.3) is 0 Å². The summed E-state index contributed by atoms with van der Waals surface area (Å²) < 4.78 is 0. The number of rotatable bonds is 8. The molecule has 0 aromatic heterocycles. The molecular weight excluding hydrogens is 227 g/mol. The average Bonchev–Trinajstić information content (AvgIpc) is 2.12. The van der Waals surface area contributed by atoms with Crippen LogP contribution in [0, 0.1) is 10.8 Å². The Morgan fingerprint density at radius 3 is 1.53 bits per heavy atom. The van der Waals surface area contributed by atoms with Gasteiger partial charge in [-0.3, -0.25) is 0 Å². The SMILES string of the molecule is CC(C)(CCCl)CCC(C)(C)CCCCl. The van der Waals surface area contributed by atoms with Crippen LogP contribution in [0.5, 0.6) is 0 Å². The molecule has 0 aliphatic heterocycles. The quantitative estimate of drug-likeness (QED) is 0.503. The predicted molar refractivity (Wildman–Crippen MR) is 72.1 cm³/mol. The second-order valence-electron chi connectivity index (χ2n) is 6.06. The Morgan fingerprint density at radius 1 is 0.667 bits per heavy atom. The predicted octanol–water partition coefficient (Wildman–Crippen LogP) is 5.47. The zero-order chi connectivity index (χ0) is 11.9. The van der Waals surface area contributed by atoms with Crippen LogP contribution in [0.4, 0.5) is 0 Å². The highest BCUT2D eigenvalue weighted by Gasteiger charge is 2.23. The van der Waals surface area contributed by atoms with Crippen molar-refractivity contribution in [3.63, 3.8) is 0 Å². The second-order valence-corrected chi connectivity index (χ2v) is 6.82. The summed E-state index contributed by atoms with van der Waals surface area (Å²) in [5.41, 5.74) is 0.818. The van der Waals surface area contributed by atoms with Gasteiger partial charge in [-0.1, -0.05) is 27.7 Å². The molecule has 0 fully saturated rings. The molecule has 92 valence electrons. The number of halogens is 2. The third-order valence-corrected chi connectivity index (χ3v) is 3.69. The maximum Gasteiger partial charge on any atom is 0.0228 e. The third-order valence-electron chi connectivity index (χ3n) is 3.24. The second kappa shape index (κ2) is 7.01. The van der Waals surface area contributed by atoms with Crippen molar-refractivity contribution in [3.05, 3.63) is 0 Å². The van der Waals surface area contributed by atoms with Gasteiger partial charge in [-0.15, -0.1) is 23.2 Å². The minimum absolute atomic E-state index is 0.389. The van der Waals surface area contributed by atoms with Crippen LogP contribution in [0.3, 0.4) is 0 Å². The molecule has 0 nitrogen and oxygen atoms in total. The van der Waals surface area contributed by atoms with E-state index in [1.54, 1.807) is 0 Å². The Labute approximate surface area is 106 Å². The summed E-state index contributed by atoms with van der Waals surface area (Å²) in [4.78, 5) is 0. The summed E-state index contributed by atoms with van der Waals surface area (Å²) in [5.74, 6) is 1.56. The highest BCUT2D eigenvalue weighted by molar-refractivity contribution is 6.18. The van der Waals surface area contributed by atoms with Crippen LogP contribution in [-0.2, 0) is 0 Å². The first-order valence-electron chi connectivity index (χ1n) is 5.95. The van der Waals surface area contributed by atoms with Crippen LogP contribution in [0.25, 0.3) is 0 Å². The van der Waals surface area contributed by atoms with E-state index < -0.39 is 0 Å². The van der Waals surface area contributed by atoms with E-state index in [1.165, 1.54) is 19.3 Å². The van der Waals surface area contributed by atoms with Crippen molar-refractivity contribution in [3.8, 4) is 0 Å². The normalized spacial score (nSPS) is 13.2. The van der Waals surface area contributed by atoms with E-state index in [4.69, 9.17) is 23.2 Å². The summed E-state index contributed by atoms with van der Waals surface area (Å²) in [6.07, 6.45) is 6.00. The van der Waals surface area contributed by atoms with Gasteiger partial charge in [-0.05, 0) is 42.9 Å². The average molecular weight is 253 g/mol. The molecule has 2 heteroatoms. The van der Waals surface area contributed by atoms with E-state index in [0.29, 0.717) is 10.8 Å². The van der Waals surface area contributed by atoms with Crippen molar-refractivity contribution in [2.75, 3.05) is 11.8 Å². The standard InChI is InChI=1S/C13H26Cl2/c1-12(2,6-5-10-14)7-8-13(3,4)9-11-15/h5-11H2,1-4H3. The maximum atomic E-state index is 5.80. The third kappa shape index (κ3) is 8.39. The van der Waals surface area contributed by atoms with Crippen LogP contribution in [0.2, 0.25) is 0 Å². The van der Waals surface area contributed by atoms with Crippen molar-refractivity contribution in [2.45, 2.75) is 59.8 Å². The van der Waals surface area contributed by atoms with E-state index in [-0.39, 0.29) is 0 Å². The fraction of sp³-hybridized carbons (Fsp3) is 1.00. The van der Waals surface area contributed by atoms with E-state index in [0.717, 1.165) is 24.6 Å². The van der Waals surface area contributed by atoms with Crippen LogP contribution in [0.1, 0.15) is 59.8 Å². The first-order valence-corrected chi connectivity index (χ1v) is 7.02. The van der Waals surface area contributed by atoms with Gasteiger partial charge in [-0.25, -0.2) is 0 Å². The lowest BCUT2D eigenvalue weighted by Crippen LogP contribution is -2.19. The highest BCUT2D eigenvalue weighted by atomic mass is 35.5. The van der Waals surface area contributed by atoms with Crippen molar-refractivity contribution in [2.24, 2.45) is 10.8 Å². The van der Waals surface area contributed by atoms with Gasteiger partial charge < -0.3 is 0 Å². The first-order chi connectivity index (χ1) is 6.83. The minimum Gasteiger partial charge on any atom is -0.127 e. The van der Waals surface area contributed by atoms with Gasteiger partial charge in [0.05, 0.1) is 0 Å². The molecule has 0 atom stereocenters. The molecule has 0 spiro atoms. The molecule has 15 heavy (non-hydrogen) atoms. The Bertz CT molecular complexity index is 162. The molecule has 0 saturated carbocycles. The van der Waals surface area contributed by atoms with Gasteiger partial charge in [0.15, 0.2) is 0 Å². The van der Waals surface area contributed by atoms with Crippen molar-refractivity contribution < 1.29 is 0 Å². The molecule has 0 radical (unpaired) electrons. The zero-order valence-corrected chi connectivity index (χ0v) is 12.2. The van der Waals surface area contributed by atoms with E-state index in [2.05, 4.69) is 27.7 Å². The van der Waals surface area contributed by atoms with Gasteiger partial charge in [-0.2, -0.15) is 0 Å². The van der Waals surface area contributed by atoms with Gasteiger partial charge in [0.2, 0.25) is 0 Å². The van der Waals surface area contributed by atoms with Crippen molar-refractivity contribution in [1.29, 1.82) is 0 Å². The molecule has 0 heterocycles. The lowest BCUT2D eigenvalue weighted by Gasteiger charge is -2.30. The summed E-state index contributed by atoms with van der Waals surface area (Å²) in [6, 6.07) is 0. The molecule has 0 aromatic rings. The molecule has 0 bridgehead atoms. The minimum atomic E-state index is 0.389. The molecule has 0 aromatic carbocycles. The molecule has 0 N–H and O–H groups in total. The van der Waals surface area contributed by atoms with Crippen molar-refractivity contribution >= 4 is 23.2 Å². The van der Waals surface area contributed by atoms with Gasteiger partial charge in [0, 0.05) is 11.8 Å². The van der Waals surface area contributed by atoms with Crippen LogP contribution < -0.4 is 0 Å². The van der Waals surface area contributed by atoms with Gasteiger partial charge >= 0.3 is 0 Å². The molecule has 0 amide bonds. The maximum absolute atomic E-state index is 5.80. The number of alkyl halides is 2. The molecule has 0 aliphatic rings. The Balaban J connectivity index is 3.90. The summed E-state index contributed by atoms with van der Waals surface area (Å²) in [5, 5.41) is 0. The van der Waals surface area contributed by atoms with Gasteiger partial charge in [0.1, 0.15) is 0 Å². The largest absolute Gasteiger partial charge is 0.127 e. The summed E-state index contributed by atoms with van der Waals surface area (Å²) in [6.45, 7) is 9.31. The summed E-state index contributed by atoms with van der Waals surface area (Å²) in [7, 11) is 0. The van der Waals surface area contributed by atoms with E-state index >= 15 is 0 Å².